The SMILES string of the molecule is CCCCNCc1nnc(COc2ccccc2)o1. The molecule has 0 fully saturated rings. The minimum absolute atomic E-state index is 0.298. The maximum Gasteiger partial charge on any atom is 0.253 e. The molecule has 19 heavy (non-hydrogen) atoms. The molecule has 5 heteroatoms. The molecule has 102 valence electrons. The van der Waals surface area contributed by atoms with Gasteiger partial charge in [0, 0.05) is 0 Å². The van der Waals surface area contributed by atoms with E-state index in [9.17, 15) is 0 Å². The van der Waals surface area contributed by atoms with Gasteiger partial charge < -0.3 is 14.5 Å². The van der Waals surface area contributed by atoms with Gasteiger partial charge in [-0.3, -0.25) is 0 Å². The van der Waals surface area contributed by atoms with Gasteiger partial charge in [-0.05, 0) is 25.1 Å². The van der Waals surface area contributed by atoms with E-state index in [0.29, 0.717) is 24.9 Å². The third-order valence-corrected chi connectivity index (χ3v) is 2.60. The van der Waals surface area contributed by atoms with Crippen LogP contribution in [0.15, 0.2) is 34.7 Å². The first-order valence-corrected chi connectivity index (χ1v) is 6.58. The van der Waals surface area contributed by atoms with Crippen molar-refractivity contribution in [2.45, 2.75) is 32.9 Å². The van der Waals surface area contributed by atoms with Crippen LogP contribution in [0, 0.1) is 0 Å². The van der Waals surface area contributed by atoms with Crippen LogP contribution in [-0.2, 0) is 13.2 Å². The molecule has 1 aromatic carbocycles. The van der Waals surface area contributed by atoms with Crippen LogP contribution in [0.25, 0.3) is 0 Å². The van der Waals surface area contributed by atoms with Gasteiger partial charge in [-0.2, -0.15) is 0 Å². The molecule has 1 N–H and O–H groups in total. The molecule has 0 aliphatic carbocycles. The highest BCUT2D eigenvalue weighted by atomic mass is 16.5. The topological polar surface area (TPSA) is 60.2 Å². The zero-order valence-corrected chi connectivity index (χ0v) is 11.1. The lowest BCUT2D eigenvalue weighted by atomic mass is 10.3. The summed E-state index contributed by atoms with van der Waals surface area (Å²) in [6.45, 7) is 4.03. The van der Waals surface area contributed by atoms with Crippen LogP contribution in [0.4, 0.5) is 0 Å². The number of benzene rings is 1. The molecule has 2 rings (SSSR count). The van der Waals surface area contributed by atoms with Crippen molar-refractivity contribution in [1.82, 2.24) is 15.5 Å². The average molecular weight is 261 g/mol. The van der Waals surface area contributed by atoms with Gasteiger partial charge in [0.15, 0.2) is 6.61 Å². The molecule has 0 bridgehead atoms. The van der Waals surface area contributed by atoms with Crippen molar-refractivity contribution < 1.29 is 9.15 Å². The fraction of sp³-hybridized carbons (Fsp3) is 0.429. The summed E-state index contributed by atoms with van der Waals surface area (Å²) in [7, 11) is 0. The third kappa shape index (κ3) is 4.71. The highest BCUT2D eigenvalue weighted by molar-refractivity contribution is 5.20. The van der Waals surface area contributed by atoms with Gasteiger partial charge in [-0.1, -0.05) is 31.5 Å². The Balaban J connectivity index is 1.74. The smallest absolute Gasteiger partial charge is 0.253 e. The molecule has 0 unspecified atom stereocenters. The number of hydrogen-bond donors (Lipinski definition) is 1. The van der Waals surface area contributed by atoms with Crippen molar-refractivity contribution >= 4 is 0 Å². The van der Waals surface area contributed by atoms with Crippen molar-refractivity contribution in [3.8, 4) is 5.75 Å². The van der Waals surface area contributed by atoms with Crippen LogP contribution in [0.2, 0.25) is 0 Å². The van der Waals surface area contributed by atoms with Crippen LogP contribution >= 0.6 is 0 Å². The zero-order valence-electron chi connectivity index (χ0n) is 11.1. The number of para-hydroxylation sites is 1. The minimum Gasteiger partial charge on any atom is -0.484 e. The summed E-state index contributed by atoms with van der Waals surface area (Å²) >= 11 is 0. The molecule has 1 aromatic heterocycles. The van der Waals surface area contributed by atoms with Crippen molar-refractivity contribution in [1.29, 1.82) is 0 Å². The van der Waals surface area contributed by atoms with E-state index in [2.05, 4.69) is 22.4 Å². The Labute approximate surface area is 113 Å². The summed E-state index contributed by atoms with van der Waals surface area (Å²) in [4.78, 5) is 0. The van der Waals surface area contributed by atoms with Gasteiger partial charge in [-0.15, -0.1) is 10.2 Å². The number of hydrogen-bond acceptors (Lipinski definition) is 5. The molecule has 1 heterocycles. The van der Waals surface area contributed by atoms with E-state index in [-0.39, 0.29) is 0 Å². The Morgan fingerprint density at radius 1 is 1.16 bits per heavy atom. The molecular weight excluding hydrogens is 242 g/mol. The summed E-state index contributed by atoms with van der Waals surface area (Å²) in [5.41, 5.74) is 0. The molecule has 0 spiro atoms. The van der Waals surface area contributed by atoms with Crippen molar-refractivity contribution in [3.63, 3.8) is 0 Å². The van der Waals surface area contributed by atoms with E-state index < -0.39 is 0 Å². The second kappa shape index (κ2) is 7.53. The number of rotatable bonds is 8. The molecular formula is C14H19N3O2. The summed E-state index contributed by atoms with van der Waals surface area (Å²) in [6, 6.07) is 9.57. The van der Waals surface area contributed by atoms with Crippen LogP contribution < -0.4 is 10.1 Å². The zero-order chi connectivity index (χ0) is 13.3. The summed E-state index contributed by atoms with van der Waals surface area (Å²) in [5.74, 6) is 1.89. The van der Waals surface area contributed by atoms with E-state index in [1.165, 1.54) is 6.42 Å². The number of nitrogens with zero attached hydrogens (tertiary/aromatic N) is 2. The van der Waals surface area contributed by atoms with E-state index in [1.807, 2.05) is 30.3 Å². The number of unbranched alkanes of at least 4 members (excludes halogenated alkanes) is 1. The van der Waals surface area contributed by atoms with E-state index in [4.69, 9.17) is 9.15 Å². The largest absolute Gasteiger partial charge is 0.484 e. The van der Waals surface area contributed by atoms with Gasteiger partial charge in [0.2, 0.25) is 5.89 Å². The maximum atomic E-state index is 5.53. The van der Waals surface area contributed by atoms with E-state index in [0.717, 1.165) is 18.7 Å². The Bertz CT molecular complexity index is 471. The van der Waals surface area contributed by atoms with Crippen LogP contribution in [0.5, 0.6) is 5.75 Å². The fourth-order valence-corrected chi connectivity index (χ4v) is 1.58. The van der Waals surface area contributed by atoms with Crippen molar-refractivity contribution in [2.75, 3.05) is 6.54 Å². The minimum atomic E-state index is 0.298. The predicted molar refractivity (Wildman–Crippen MR) is 71.7 cm³/mol. The number of aromatic nitrogens is 2. The second-order valence-corrected chi connectivity index (χ2v) is 4.22. The monoisotopic (exact) mass is 261 g/mol. The van der Waals surface area contributed by atoms with Crippen LogP contribution in [0.1, 0.15) is 31.5 Å². The van der Waals surface area contributed by atoms with Crippen LogP contribution in [0.3, 0.4) is 0 Å². The summed E-state index contributed by atoms with van der Waals surface area (Å²) < 4.78 is 11.0. The van der Waals surface area contributed by atoms with Gasteiger partial charge >= 0.3 is 0 Å². The lowest BCUT2D eigenvalue weighted by Gasteiger charge is -2.01. The van der Waals surface area contributed by atoms with Crippen molar-refractivity contribution in [2.24, 2.45) is 0 Å². The Morgan fingerprint density at radius 2 is 1.95 bits per heavy atom. The lowest BCUT2D eigenvalue weighted by molar-refractivity contribution is 0.258. The highest BCUT2D eigenvalue weighted by Crippen LogP contribution is 2.11. The number of ether oxygens (including phenoxy) is 1. The lowest BCUT2D eigenvalue weighted by Crippen LogP contribution is -2.14. The van der Waals surface area contributed by atoms with Crippen LogP contribution in [-0.4, -0.2) is 16.7 Å². The standard InChI is InChI=1S/C14H19N3O2/c1-2-3-9-15-10-13-16-17-14(19-13)11-18-12-7-5-4-6-8-12/h4-8,15H,2-3,9-11H2,1H3. The Hall–Kier alpha value is -1.88. The average Bonchev–Trinajstić information content (AvgIpc) is 2.91. The first-order chi connectivity index (χ1) is 9.38. The first kappa shape index (κ1) is 13.5. The van der Waals surface area contributed by atoms with Gasteiger partial charge in [0.25, 0.3) is 5.89 Å². The molecule has 0 radical (unpaired) electrons. The van der Waals surface area contributed by atoms with Gasteiger partial charge in [0.1, 0.15) is 5.75 Å². The van der Waals surface area contributed by atoms with E-state index in [1.54, 1.807) is 0 Å². The predicted octanol–water partition coefficient (Wildman–Crippen LogP) is 2.54. The molecule has 0 aliphatic heterocycles. The quantitative estimate of drug-likeness (QED) is 0.740. The van der Waals surface area contributed by atoms with E-state index >= 15 is 0 Å². The highest BCUT2D eigenvalue weighted by Gasteiger charge is 2.06. The maximum absolute atomic E-state index is 5.53. The fourth-order valence-electron chi connectivity index (χ4n) is 1.58. The van der Waals surface area contributed by atoms with Crippen molar-refractivity contribution in [3.05, 3.63) is 42.1 Å². The first-order valence-electron chi connectivity index (χ1n) is 6.58. The van der Waals surface area contributed by atoms with Gasteiger partial charge in [0.05, 0.1) is 6.54 Å². The second-order valence-electron chi connectivity index (χ2n) is 4.22. The molecule has 0 amide bonds. The normalized spacial score (nSPS) is 10.6. The van der Waals surface area contributed by atoms with Gasteiger partial charge in [-0.25, -0.2) is 0 Å². The Morgan fingerprint density at radius 3 is 2.74 bits per heavy atom. The summed E-state index contributed by atoms with van der Waals surface area (Å²) in [5, 5.41) is 11.2. The third-order valence-electron chi connectivity index (χ3n) is 2.60. The number of nitrogens with one attached hydrogen (secondary N) is 1. The molecule has 5 nitrogen and oxygen atoms in total. The molecule has 0 atom stereocenters. The summed E-state index contributed by atoms with van der Waals surface area (Å²) in [6.07, 6.45) is 2.32. The molecule has 2 aromatic rings. The Kier molecular flexibility index (Phi) is 5.37. The molecule has 0 aliphatic rings. The molecule has 0 saturated heterocycles. The molecule has 0 saturated carbocycles.